The second kappa shape index (κ2) is 6.95. The number of nitrogens with one attached hydrogen (secondary N) is 1. The zero-order valence-corrected chi connectivity index (χ0v) is 11.9. The molecule has 1 unspecified atom stereocenters. The van der Waals surface area contributed by atoms with Crippen molar-refractivity contribution in [2.24, 2.45) is 0 Å². The Morgan fingerprint density at radius 2 is 2.28 bits per heavy atom. The van der Waals surface area contributed by atoms with Gasteiger partial charge in [0.15, 0.2) is 0 Å². The van der Waals surface area contributed by atoms with Gasteiger partial charge in [-0.15, -0.1) is 0 Å². The summed E-state index contributed by atoms with van der Waals surface area (Å²) in [6.45, 7) is 6.74. The summed E-state index contributed by atoms with van der Waals surface area (Å²) >= 11 is 0. The molecule has 0 radical (unpaired) electrons. The molecule has 0 spiro atoms. The Kier molecular flexibility index (Phi) is 5.26. The maximum Gasteiger partial charge on any atom is 0.0359 e. The van der Waals surface area contributed by atoms with E-state index in [1.54, 1.807) is 0 Å². The van der Waals surface area contributed by atoms with Gasteiger partial charge in [0.25, 0.3) is 0 Å². The summed E-state index contributed by atoms with van der Waals surface area (Å²) < 4.78 is 2.36. The molecule has 2 heterocycles. The van der Waals surface area contributed by atoms with Crippen molar-refractivity contribution in [1.29, 1.82) is 0 Å². The average Bonchev–Trinajstić information content (AvgIpc) is 2.80. The maximum atomic E-state index is 3.62. The third kappa shape index (κ3) is 3.59. The van der Waals surface area contributed by atoms with E-state index in [4.69, 9.17) is 0 Å². The average molecular weight is 249 g/mol. The molecule has 1 N–H and O–H groups in total. The first kappa shape index (κ1) is 13.6. The van der Waals surface area contributed by atoms with E-state index in [-0.39, 0.29) is 0 Å². The molecule has 1 aromatic heterocycles. The number of hydrogen-bond acceptors (Lipinski definition) is 2. The topological polar surface area (TPSA) is 20.2 Å². The lowest BCUT2D eigenvalue weighted by Gasteiger charge is -2.32. The summed E-state index contributed by atoms with van der Waals surface area (Å²) in [5.41, 5.74) is 1.41. The lowest BCUT2D eigenvalue weighted by atomic mass is 10.0. The molecule has 3 heteroatoms. The monoisotopic (exact) mass is 249 g/mol. The quantitative estimate of drug-likeness (QED) is 0.836. The summed E-state index contributed by atoms with van der Waals surface area (Å²) in [5.74, 6) is 0. The minimum atomic E-state index is 0.730. The highest BCUT2D eigenvalue weighted by Gasteiger charge is 2.17. The van der Waals surface area contributed by atoms with Crippen LogP contribution in [-0.4, -0.2) is 35.6 Å². The molecule has 18 heavy (non-hydrogen) atoms. The van der Waals surface area contributed by atoms with E-state index in [0.29, 0.717) is 0 Å². The fourth-order valence-electron chi connectivity index (χ4n) is 2.84. The van der Waals surface area contributed by atoms with Gasteiger partial charge in [0, 0.05) is 37.6 Å². The SMILES string of the molecule is CCCn1cccc1CNCC1CCCCN1C. The van der Waals surface area contributed by atoms with Crippen LogP contribution in [0.4, 0.5) is 0 Å². The predicted octanol–water partition coefficient (Wildman–Crippen LogP) is 2.47. The standard InChI is InChI=1S/C15H27N3/c1-3-9-18-11-6-8-15(18)13-16-12-14-7-4-5-10-17(14)2/h6,8,11,14,16H,3-5,7,9-10,12-13H2,1-2H3. The second-order valence-corrected chi connectivity index (χ2v) is 5.45. The summed E-state index contributed by atoms with van der Waals surface area (Å²) in [6.07, 6.45) is 7.50. The molecule has 0 bridgehead atoms. The van der Waals surface area contributed by atoms with E-state index in [1.807, 2.05) is 0 Å². The van der Waals surface area contributed by atoms with E-state index < -0.39 is 0 Å². The summed E-state index contributed by atoms with van der Waals surface area (Å²) in [6, 6.07) is 5.11. The van der Waals surface area contributed by atoms with E-state index in [1.165, 1.54) is 37.9 Å². The number of piperidine rings is 1. The number of likely N-dealkylation sites (N-methyl/N-ethyl adjacent to an activating group) is 1. The highest BCUT2D eigenvalue weighted by molar-refractivity contribution is 5.06. The Bertz CT molecular complexity index is 345. The molecular formula is C15H27N3. The maximum absolute atomic E-state index is 3.62. The van der Waals surface area contributed by atoms with Crippen molar-refractivity contribution in [1.82, 2.24) is 14.8 Å². The molecule has 0 amide bonds. The predicted molar refractivity (Wildman–Crippen MR) is 76.7 cm³/mol. The Morgan fingerprint density at radius 3 is 3.06 bits per heavy atom. The number of aromatic nitrogens is 1. The first-order chi connectivity index (χ1) is 8.81. The van der Waals surface area contributed by atoms with Crippen molar-refractivity contribution in [3.63, 3.8) is 0 Å². The molecule has 0 saturated carbocycles. The van der Waals surface area contributed by atoms with Crippen LogP contribution in [0.25, 0.3) is 0 Å². The molecule has 3 nitrogen and oxygen atoms in total. The molecule has 1 saturated heterocycles. The summed E-state index contributed by atoms with van der Waals surface area (Å²) in [7, 11) is 2.26. The fraction of sp³-hybridized carbons (Fsp3) is 0.733. The van der Waals surface area contributed by atoms with E-state index in [9.17, 15) is 0 Å². The van der Waals surface area contributed by atoms with Crippen LogP contribution in [0.15, 0.2) is 18.3 Å². The van der Waals surface area contributed by atoms with Crippen molar-refractivity contribution in [3.05, 3.63) is 24.0 Å². The lowest BCUT2D eigenvalue weighted by molar-refractivity contribution is 0.181. The number of aryl methyl sites for hydroxylation is 1. The van der Waals surface area contributed by atoms with E-state index in [0.717, 1.165) is 25.7 Å². The Hall–Kier alpha value is -0.800. The van der Waals surface area contributed by atoms with Gasteiger partial charge in [0.1, 0.15) is 0 Å². The Balaban J connectivity index is 1.75. The minimum Gasteiger partial charge on any atom is -0.350 e. The number of likely N-dealkylation sites (tertiary alicyclic amines) is 1. The van der Waals surface area contributed by atoms with E-state index >= 15 is 0 Å². The minimum absolute atomic E-state index is 0.730. The van der Waals surface area contributed by atoms with Crippen LogP contribution in [0.3, 0.4) is 0 Å². The zero-order chi connectivity index (χ0) is 12.8. The van der Waals surface area contributed by atoms with Crippen molar-refractivity contribution < 1.29 is 0 Å². The largest absolute Gasteiger partial charge is 0.350 e. The van der Waals surface area contributed by atoms with Crippen molar-refractivity contribution >= 4 is 0 Å². The molecule has 0 aromatic carbocycles. The first-order valence-electron chi connectivity index (χ1n) is 7.36. The fourth-order valence-corrected chi connectivity index (χ4v) is 2.84. The van der Waals surface area contributed by atoms with Crippen molar-refractivity contribution in [2.45, 2.75) is 51.7 Å². The molecule has 2 rings (SSSR count). The van der Waals surface area contributed by atoms with Crippen LogP contribution in [-0.2, 0) is 13.1 Å². The van der Waals surface area contributed by atoms with Gasteiger partial charge in [-0.1, -0.05) is 13.3 Å². The van der Waals surface area contributed by atoms with Crippen LogP contribution >= 0.6 is 0 Å². The van der Waals surface area contributed by atoms with Crippen LogP contribution in [0, 0.1) is 0 Å². The molecule has 1 aliphatic heterocycles. The van der Waals surface area contributed by atoms with Gasteiger partial charge < -0.3 is 14.8 Å². The zero-order valence-electron chi connectivity index (χ0n) is 11.9. The van der Waals surface area contributed by atoms with Crippen LogP contribution in [0.1, 0.15) is 38.3 Å². The van der Waals surface area contributed by atoms with Gasteiger partial charge >= 0.3 is 0 Å². The molecular weight excluding hydrogens is 222 g/mol. The number of hydrogen-bond donors (Lipinski definition) is 1. The third-order valence-electron chi connectivity index (χ3n) is 4.00. The molecule has 1 aliphatic rings. The Morgan fingerprint density at radius 1 is 1.39 bits per heavy atom. The molecule has 1 fully saturated rings. The number of nitrogens with zero attached hydrogens (tertiary/aromatic N) is 2. The first-order valence-corrected chi connectivity index (χ1v) is 7.36. The van der Waals surface area contributed by atoms with Crippen molar-refractivity contribution in [2.75, 3.05) is 20.1 Å². The van der Waals surface area contributed by atoms with Gasteiger partial charge in [-0.2, -0.15) is 0 Å². The highest BCUT2D eigenvalue weighted by Crippen LogP contribution is 2.14. The second-order valence-electron chi connectivity index (χ2n) is 5.45. The van der Waals surface area contributed by atoms with Crippen LogP contribution in [0.5, 0.6) is 0 Å². The molecule has 1 aromatic rings. The van der Waals surface area contributed by atoms with Crippen LogP contribution < -0.4 is 5.32 Å². The third-order valence-corrected chi connectivity index (χ3v) is 4.00. The summed E-state index contributed by atoms with van der Waals surface area (Å²) in [5, 5.41) is 3.62. The summed E-state index contributed by atoms with van der Waals surface area (Å²) in [4.78, 5) is 2.50. The smallest absolute Gasteiger partial charge is 0.0359 e. The molecule has 1 atom stereocenters. The van der Waals surface area contributed by atoms with Crippen molar-refractivity contribution in [3.8, 4) is 0 Å². The van der Waals surface area contributed by atoms with Gasteiger partial charge in [-0.3, -0.25) is 0 Å². The Labute approximate surface area is 111 Å². The van der Waals surface area contributed by atoms with E-state index in [2.05, 4.69) is 47.1 Å². The van der Waals surface area contributed by atoms with Gasteiger partial charge in [-0.05, 0) is 45.0 Å². The van der Waals surface area contributed by atoms with Gasteiger partial charge in [0.05, 0.1) is 0 Å². The van der Waals surface area contributed by atoms with Crippen LogP contribution in [0.2, 0.25) is 0 Å². The number of rotatable bonds is 6. The molecule has 102 valence electrons. The normalized spacial score (nSPS) is 21.3. The van der Waals surface area contributed by atoms with Gasteiger partial charge in [-0.25, -0.2) is 0 Å². The molecule has 0 aliphatic carbocycles. The van der Waals surface area contributed by atoms with Gasteiger partial charge in [0.2, 0.25) is 0 Å². The lowest BCUT2D eigenvalue weighted by Crippen LogP contribution is -2.43. The highest BCUT2D eigenvalue weighted by atomic mass is 15.2.